The van der Waals surface area contributed by atoms with Crippen molar-refractivity contribution in [2.75, 3.05) is 18.0 Å². The smallest absolute Gasteiger partial charge is 0.342 e. The maximum Gasteiger partial charge on any atom is 0.342 e. The van der Waals surface area contributed by atoms with Crippen LogP contribution in [-0.4, -0.2) is 28.0 Å². The lowest BCUT2D eigenvalue weighted by atomic mass is 10.1. The standard InChI is InChI=1S/C24H23NO5S/c1-17-7-3-4-9-19(17)16-30-24(26)21-15-20(11-12-23(21)29-2)31(27,28)25-14-13-18-8-5-6-10-22(18)25/h3-12,15H,13-14,16H2,1-2H3. The second kappa shape index (κ2) is 8.43. The first-order chi connectivity index (χ1) is 14.9. The zero-order chi connectivity index (χ0) is 22.0. The monoisotopic (exact) mass is 437 g/mol. The molecule has 6 nitrogen and oxygen atoms in total. The minimum Gasteiger partial charge on any atom is -0.496 e. The first-order valence-corrected chi connectivity index (χ1v) is 11.4. The summed E-state index contributed by atoms with van der Waals surface area (Å²) in [6.45, 7) is 2.39. The summed E-state index contributed by atoms with van der Waals surface area (Å²) in [6, 6.07) is 19.3. The Balaban J connectivity index is 1.63. The van der Waals surface area contributed by atoms with Crippen LogP contribution < -0.4 is 9.04 Å². The molecule has 0 saturated carbocycles. The molecule has 0 aromatic heterocycles. The highest BCUT2D eigenvalue weighted by molar-refractivity contribution is 7.92. The van der Waals surface area contributed by atoms with Crippen LogP contribution in [0.5, 0.6) is 5.75 Å². The number of nitrogens with zero attached hydrogens (tertiary/aromatic N) is 1. The Hall–Kier alpha value is -3.32. The SMILES string of the molecule is COc1ccc(S(=O)(=O)N2CCc3ccccc32)cc1C(=O)OCc1ccccc1C. The van der Waals surface area contributed by atoms with Crippen LogP contribution in [0.4, 0.5) is 5.69 Å². The van der Waals surface area contributed by atoms with E-state index in [0.717, 1.165) is 16.7 Å². The Bertz CT molecular complexity index is 1240. The van der Waals surface area contributed by atoms with Crippen molar-refractivity contribution in [3.63, 3.8) is 0 Å². The number of sulfonamides is 1. The van der Waals surface area contributed by atoms with Crippen LogP contribution in [-0.2, 0) is 27.8 Å². The molecule has 31 heavy (non-hydrogen) atoms. The number of hydrogen-bond donors (Lipinski definition) is 0. The van der Waals surface area contributed by atoms with Crippen molar-refractivity contribution < 1.29 is 22.7 Å². The number of benzene rings is 3. The molecule has 0 N–H and O–H groups in total. The maximum absolute atomic E-state index is 13.3. The van der Waals surface area contributed by atoms with Gasteiger partial charge in [0.15, 0.2) is 0 Å². The predicted molar refractivity (Wildman–Crippen MR) is 118 cm³/mol. The van der Waals surface area contributed by atoms with Gasteiger partial charge in [0.2, 0.25) is 0 Å². The van der Waals surface area contributed by atoms with E-state index in [1.54, 1.807) is 6.07 Å². The van der Waals surface area contributed by atoms with Gasteiger partial charge in [0.05, 0.1) is 17.7 Å². The second-order valence-corrected chi connectivity index (χ2v) is 9.18. The van der Waals surface area contributed by atoms with Crippen LogP contribution in [0, 0.1) is 6.92 Å². The van der Waals surface area contributed by atoms with Gasteiger partial charge in [-0.2, -0.15) is 0 Å². The topological polar surface area (TPSA) is 72.9 Å². The van der Waals surface area contributed by atoms with Crippen LogP contribution in [0.2, 0.25) is 0 Å². The number of esters is 1. The molecule has 0 unspecified atom stereocenters. The van der Waals surface area contributed by atoms with Crippen molar-refractivity contribution in [3.05, 3.63) is 89.0 Å². The molecule has 160 valence electrons. The number of anilines is 1. The summed E-state index contributed by atoms with van der Waals surface area (Å²) in [6.07, 6.45) is 0.650. The van der Waals surface area contributed by atoms with Gasteiger partial charge in [0.1, 0.15) is 17.9 Å². The Morgan fingerprint density at radius 3 is 2.55 bits per heavy atom. The van der Waals surface area contributed by atoms with Crippen LogP contribution in [0.3, 0.4) is 0 Å². The molecule has 0 spiro atoms. The normalized spacial score (nSPS) is 13.0. The van der Waals surface area contributed by atoms with E-state index in [9.17, 15) is 13.2 Å². The van der Waals surface area contributed by atoms with E-state index in [2.05, 4.69) is 0 Å². The summed E-state index contributed by atoms with van der Waals surface area (Å²) in [7, 11) is -2.41. The third-order valence-electron chi connectivity index (χ3n) is 5.44. The molecule has 7 heteroatoms. The largest absolute Gasteiger partial charge is 0.496 e. The van der Waals surface area contributed by atoms with Gasteiger partial charge < -0.3 is 9.47 Å². The third kappa shape index (κ3) is 4.01. The molecule has 0 fully saturated rings. The summed E-state index contributed by atoms with van der Waals surface area (Å²) < 4.78 is 38.8. The molecule has 4 rings (SSSR count). The Labute approximate surface area is 182 Å². The predicted octanol–water partition coefficient (Wildman–Crippen LogP) is 4.11. The van der Waals surface area contributed by atoms with E-state index >= 15 is 0 Å². The number of para-hydroxylation sites is 1. The van der Waals surface area contributed by atoms with Crippen molar-refractivity contribution in [2.45, 2.75) is 24.8 Å². The molecule has 0 bridgehead atoms. The van der Waals surface area contributed by atoms with Crippen LogP contribution in [0.15, 0.2) is 71.6 Å². The highest BCUT2D eigenvalue weighted by Gasteiger charge is 2.31. The summed E-state index contributed by atoms with van der Waals surface area (Å²) in [4.78, 5) is 12.8. The van der Waals surface area contributed by atoms with Gasteiger partial charge in [0.25, 0.3) is 10.0 Å². The number of aryl methyl sites for hydroxylation is 1. The fraction of sp³-hybridized carbons (Fsp3) is 0.208. The zero-order valence-corrected chi connectivity index (χ0v) is 18.2. The minimum atomic E-state index is -3.84. The van der Waals surface area contributed by atoms with Gasteiger partial charge in [-0.15, -0.1) is 0 Å². The van der Waals surface area contributed by atoms with E-state index < -0.39 is 16.0 Å². The van der Waals surface area contributed by atoms with Gasteiger partial charge in [-0.1, -0.05) is 42.5 Å². The Morgan fingerprint density at radius 2 is 1.77 bits per heavy atom. The van der Waals surface area contributed by atoms with E-state index in [4.69, 9.17) is 9.47 Å². The molecule has 0 amide bonds. The van der Waals surface area contributed by atoms with Crippen molar-refractivity contribution in [1.29, 1.82) is 0 Å². The first kappa shape index (κ1) is 20.9. The Morgan fingerprint density at radius 1 is 1.03 bits per heavy atom. The minimum absolute atomic E-state index is 0.0212. The molecule has 0 atom stereocenters. The highest BCUT2D eigenvalue weighted by atomic mass is 32.2. The summed E-state index contributed by atoms with van der Waals surface area (Å²) in [5.74, 6) is -0.380. The molecule has 1 aliphatic heterocycles. The maximum atomic E-state index is 13.3. The number of hydrogen-bond acceptors (Lipinski definition) is 5. The van der Waals surface area contributed by atoms with Gasteiger partial charge in [-0.25, -0.2) is 13.2 Å². The average Bonchev–Trinajstić information content (AvgIpc) is 3.23. The molecule has 1 aliphatic rings. The summed E-state index contributed by atoms with van der Waals surface area (Å²) in [5, 5.41) is 0. The zero-order valence-electron chi connectivity index (χ0n) is 17.4. The van der Waals surface area contributed by atoms with Crippen molar-refractivity contribution in [2.24, 2.45) is 0 Å². The van der Waals surface area contributed by atoms with Gasteiger partial charge in [-0.05, 0) is 54.3 Å². The second-order valence-electron chi connectivity index (χ2n) is 7.32. The number of ether oxygens (including phenoxy) is 2. The van der Waals surface area contributed by atoms with E-state index in [0.29, 0.717) is 18.7 Å². The molecule has 3 aromatic carbocycles. The first-order valence-electron chi connectivity index (χ1n) is 9.92. The average molecular weight is 438 g/mol. The van der Waals surface area contributed by atoms with Gasteiger partial charge in [0, 0.05) is 6.54 Å². The number of fused-ring (bicyclic) bond motifs is 1. The number of carbonyl (C=O) groups excluding carboxylic acids is 1. The van der Waals surface area contributed by atoms with Crippen molar-refractivity contribution in [3.8, 4) is 5.75 Å². The number of methoxy groups -OCH3 is 1. The molecule has 0 saturated heterocycles. The molecule has 0 aliphatic carbocycles. The van der Waals surface area contributed by atoms with Crippen LogP contribution in [0.25, 0.3) is 0 Å². The number of carbonyl (C=O) groups is 1. The molecule has 0 radical (unpaired) electrons. The van der Waals surface area contributed by atoms with Gasteiger partial charge >= 0.3 is 5.97 Å². The lowest BCUT2D eigenvalue weighted by Gasteiger charge is -2.20. The fourth-order valence-electron chi connectivity index (χ4n) is 3.69. The van der Waals surface area contributed by atoms with E-state index in [1.807, 2.05) is 49.4 Å². The van der Waals surface area contributed by atoms with E-state index in [1.165, 1.54) is 29.6 Å². The molecular weight excluding hydrogens is 414 g/mol. The molecule has 1 heterocycles. The summed E-state index contributed by atoms with van der Waals surface area (Å²) >= 11 is 0. The third-order valence-corrected chi connectivity index (χ3v) is 7.25. The molecule has 3 aromatic rings. The van der Waals surface area contributed by atoms with E-state index in [-0.39, 0.29) is 22.8 Å². The van der Waals surface area contributed by atoms with Crippen LogP contribution >= 0.6 is 0 Å². The lowest BCUT2D eigenvalue weighted by Crippen LogP contribution is -2.29. The molecular formula is C24H23NO5S. The Kier molecular flexibility index (Phi) is 5.69. The van der Waals surface area contributed by atoms with Crippen molar-refractivity contribution in [1.82, 2.24) is 0 Å². The van der Waals surface area contributed by atoms with Gasteiger partial charge in [-0.3, -0.25) is 4.31 Å². The summed E-state index contributed by atoms with van der Waals surface area (Å²) in [5.41, 5.74) is 3.61. The van der Waals surface area contributed by atoms with Crippen molar-refractivity contribution >= 4 is 21.7 Å². The van der Waals surface area contributed by atoms with Crippen LogP contribution in [0.1, 0.15) is 27.0 Å². The number of rotatable bonds is 6. The quantitative estimate of drug-likeness (QED) is 0.543. The lowest BCUT2D eigenvalue weighted by molar-refractivity contribution is 0.0468. The fourth-order valence-corrected chi connectivity index (χ4v) is 5.22. The highest BCUT2D eigenvalue weighted by Crippen LogP contribution is 2.34.